The van der Waals surface area contributed by atoms with Crippen molar-refractivity contribution in [3.63, 3.8) is 0 Å². The van der Waals surface area contributed by atoms with Crippen LogP contribution in [0, 0.1) is 4.91 Å². The van der Waals surface area contributed by atoms with Crippen LogP contribution in [-0.2, 0) is 6.42 Å². The molecule has 1 aromatic heterocycles. The zero-order valence-corrected chi connectivity index (χ0v) is 10.1. The molecule has 18 heavy (non-hydrogen) atoms. The fraction of sp³-hybridized carbons (Fsp3) is 0.429. The number of fused-ring (bicyclic) bond motifs is 2. The van der Waals surface area contributed by atoms with Gasteiger partial charge in [0.15, 0.2) is 0 Å². The van der Waals surface area contributed by atoms with Gasteiger partial charge in [0.1, 0.15) is 0 Å². The van der Waals surface area contributed by atoms with Crippen LogP contribution in [-0.4, -0.2) is 17.3 Å². The van der Waals surface area contributed by atoms with Gasteiger partial charge in [-0.15, -0.1) is 4.91 Å². The van der Waals surface area contributed by atoms with Crippen molar-refractivity contribution >= 4 is 10.9 Å². The Morgan fingerprint density at radius 1 is 1.39 bits per heavy atom. The first-order chi connectivity index (χ1) is 8.88. The van der Waals surface area contributed by atoms with Gasteiger partial charge >= 0.3 is 0 Å². The molecule has 4 heteroatoms. The highest BCUT2D eigenvalue weighted by Gasteiger charge is 2.33. The summed E-state index contributed by atoms with van der Waals surface area (Å²) < 4.78 is 1.48. The average Bonchev–Trinajstić information content (AvgIpc) is 2.79. The molecule has 0 unspecified atom stereocenters. The lowest BCUT2D eigenvalue weighted by molar-refractivity contribution is 0.345. The number of hydrogen-bond acceptors (Lipinski definition) is 3. The largest absolute Gasteiger partial charge is 0.313 e. The van der Waals surface area contributed by atoms with Crippen LogP contribution in [0.5, 0.6) is 0 Å². The highest BCUT2D eigenvalue weighted by Crippen LogP contribution is 2.41. The highest BCUT2D eigenvalue weighted by molar-refractivity contribution is 5.89. The van der Waals surface area contributed by atoms with Crippen molar-refractivity contribution in [1.29, 1.82) is 0 Å². The Morgan fingerprint density at radius 3 is 3.22 bits per heavy atom. The van der Waals surface area contributed by atoms with E-state index in [4.69, 9.17) is 0 Å². The van der Waals surface area contributed by atoms with Crippen molar-refractivity contribution in [3.05, 3.63) is 40.4 Å². The summed E-state index contributed by atoms with van der Waals surface area (Å²) in [5, 5.41) is 7.98. The predicted molar refractivity (Wildman–Crippen MR) is 70.6 cm³/mol. The molecule has 92 valence electrons. The molecule has 4 rings (SSSR count). The number of piperidine rings is 1. The van der Waals surface area contributed by atoms with Crippen LogP contribution in [0.4, 0.5) is 0 Å². The van der Waals surface area contributed by atoms with Crippen molar-refractivity contribution in [2.45, 2.75) is 31.2 Å². The van der Waals surface area contributed by atoms with Gasteiger partial charge in [0.2, 0.25) is 0 Å². The van der Waals surface area contributed by atoms with Gasteiger partial charge in [-0.25, -0.2) is 4.68 Å². The third-order valence-electron chi connectivity index (χ3n) is 4.43. The summed E-state index contributed by atoms with van der Waals surface area (Å²) in [6.45, 7) is 1.11. The number of nitrogens with zero attached hydrogens (tertiary/aromatic N) is 2. The quantitative estimate of drug-likeness (QED) is 0.780. The van der Waals surface area contributed by atoms with E-state index in [2.05, 4.69) is 16.7 Å². The molecule has 2 heterocycles. The normalized spacial score (nSPS) is 26.0. The number of hydrogen-bond donors (Lipinski definition) is 1. The minimum atomic E-state index is 0.527. The minimum Gasteiger partial charge on any atom is -0.313 e. The van der Waals surface area contributed by atoms with E-state index in [-0.39, 0.29) is 0 Å². The van der Waals surface area contributed by atoms with Gasteiger partial charge in [0.05, 0.1) is 10.8 Å². The van der Waals surface area contributed by atoms with Crippen molar-refractivity contribution < 1.29 is 0 Å². The molecule has 1 aliphatic carbocycles. The van der Waals surface area contributed by atoms with Gasteiger partial charge in [-0.3, -0.25) is 0 Å². The van der Waals surface area contributed by atoms with Gasteiger partial charge in [0.25, 0.3) is 0 Å². The molecule has 1 aliphatic heterocycles. The fourth-order valence-corrected chi connectivity index (χ4v) is 3.69. The lowest BCUT2D eigenvalue weighted by Crippen LogP contribution is -2.43. The zero-order valence-electron chi connectivity index (χ0n) is 10.1. The van der Waals surface area contributed by atoms with Gasteiger partial charge in [-0.2, -0.15) is 0 Å². The maximum Gasteiger partial charge on any atom is 0.0756 e. The van der Waals surface area contributed by atoms with Crippen molar-refractivity contribution in [1.82, 2.24) is 9.99 Å². The molecular formula is C14H15N3O. The van der Waals surface area contributed by atoms with E-state index in [9.17, 15) is 4.91 Å². The topological polar surface area (TPSA) is 46.4 Å². The van der Waals surface area contributed by atoms with Crippen LogP contribution in [0.3, 0.4) is 0 Å². The summed E-state index contributed by atoms with van der Waals surface area (Å²) in [5.41, 5.74) is 3.62. The average molecular weight is 241 g/mol. The van der Waals surface area contributed by atoms with E-state index in [0.717, 1.165) is 18.5 Å². The molecule has 1 N–H and O–H groups in total. The Bertz CT molecular complexity index is 631. The smallest absolute Gasteiger partial charge is 0.0756 e. The van der Waals surface area contributed by atoms with Crippen molar-refractivity contribution in [2.24, 2.45) is 5.29 Å². The monoisotopic (exact) mass is 241 g/mol. The molecule has 0 spiro atoms. The van der Waals surface area contributed by atoms with Crippen LogP contribution < -0.4 is 5.32 Å². The molecule has 2 atom stereocenters. The Balaban J connectivity index is 2.00. The molecule has 4 nitrogen and oxygen atoms in total. The maximum atomic E-state index is 10.9. The predicted octanol–water partition coefficient (Wildman–Crippen LogP) is 2.56. The number of aromatic nitrogens is 1. The van der Waals surface area contributed by atoms with Crippen LogP contribution in [0.25, 0.3) is 10.9 Å². The SMILES string of the molecule is O=Nn1cc2c3c(cccc31)[C@H]1CCCN[C@@H]1C2. The van der Waals surface area contributed by atoms with E-state index in [1.807, 2.05) is 18.3 Å². The Labute approximate surface area is 105 Å². The van der Waals surface area contributed by atoms with Crippen LogP contribution >= 0.6 is 0 Å². The molecule has 0 saturated carbocycles. The van der Waals surface area contributed by atoms with E-state index in [1.165, 1.54) is 34.0 Å². The summed E-state index contributed by atoms with van der Waals surface area (Å²) in [5.74, 6) is 0.595. The number of benzene rings is 1. The standard InChI is InChI=1S/C14H15N3O/c18-16-17-8-9-7-12-10(4-2-6-15-12)11-3-1-5-13(17)14(9)11/h1,3,5,8,10,12,15H,2,4,6-7H2/t10-,12-/m1/s1. The summed E-state index contributed by atoms with van der Waals surface area (Å²) in [7, 11) is 0. The summed E-state index contributed by atoms with van der Waals surface area (Å²) in [4.78, 5) is 10.9. The number of nitroso groups, excluding NO2 is 1. The molecule has 1 saturated heterocycles. The van der Waals surface area contributed by atoms with Gasteiger partial charge in [0, 0.05) is 23.5 Å². The van der Waals surface area contributed by atoms with Crippen molar-refractivity contribution in [3.8, 4) is 0 Å². The maximum absolute atomic E-state index is 10.9. The Morgan fingerprint density at radius 2 is 2.33 bits per heavy atom. The lowest BCUT2D eigenvalue weighted by atomic mass is 9.76. The molecular weight excluding hydrogens is 226 g/mol. The highest BCUT2D eigenvalue weighted by atomic mass is 16.3. The van der Waals surface area contributed by atoms with Crippen molar-refractivity contribution in [2.75, 3.05) is 6.54 Å². The van der Waals surface area contributed by atoms with E-state index < -0.39 is 0 Å². The molecule has 0 amide bonds. The Hall–Kier alpha value is -1.68. The second-order valence-electron chi connectivity index (χ2n) is 5.34. The summed E-state index contributed by atoms with van der Waals surface area (Å²) in [6.07, 6.45) is 5.39. The third kappa shape index (κ3) is 1.24. The fourth-order valence-electron chi connectivity index (χ4n) is 3.69. The minimum absolute atomic E-state index is 0.527. The van der Waals surface area contributed by atoms with E-state index in [0.29, 0.717) is 12.0 Å². The van der Waals surface area contributed by atoms with E-state index >= 15 is 0 Å². The Kier molecular flexibility index (Phi) is 2.08. The second kappa shape index (κ2) is 3.65. The summed E-state index contributed by atoms with van der Waals surface area (Å²) >= 11 is 0. The molecule has 1 aromatic carbocycles. The van der Waals surface area contributed by atoms with Crippen LogP contribution in [0.2, 0.25) is 0 Å². The number of nitrogens with one attached hydrogen (secondary N) is 1. The molecule has 2 aliphatic rings. The lowest BCUT2D eigenvalue weighted by Gasteiger charge is -2.36. The first-order valence-corrected chi connectivity index (χ1v) is 6.58. The molecule has 0 bridgehead atoms. The third-order valence-corrected chi connectivity index (χ3v) is 4.43. The van der Waals surface area contributed by atoms with Crippen LogP contribution in [0.15, 0.2) is 29.7 Å². The zero-order chi connectivity index (χ0) is 12.1. The summed E-state index contributed by atoms with van der Waals surface area (Å²) in [6, 6.07) is 6.77. The molecule has 0 radical (unpaired) electrons. The van der Waals surface area contributed by atoms with Crippen LogP contribution in [0.1, 0.15) is 29.9 Å². The first-order valence-electron chi connectivity index (χ1n) is 6.58. The number of rotatable bonds is 1. The molecule has 2 aromatic rings. The second-order valence-corrected chi connectivity index (χ2v) is 5.34. The van der Waals surface area contributed by atoms with Gasteiger partial charge < -0.3 is 5.32 Å². The van der Waals surface area contributed by atoms with Gasteiger partial charge in [-0.1, -0.05) is 12.1 Å². The molecule has 1 fully saturated rings. The van der Waals surface area contributed by atoms with E-state index in [1.54, 1.807) is 0 Å². The van der Waals surface area contributed by atoms with Gasteiger partial charge in [-0.05, 0) is 43.0 Å². The first kappa shape index (κ1) is 10.3.